The monoisotopic (exact) mass is 338 g/mol. The molecule has 1 aromatic carbocycles. The molecule has 1 atom stereocenters. The first-order valence-corrected chi connectivity index (χ1v) is 9.07. The van der Waals surface area contributed by atoms with Gasteiger partial charge in [0.25, 0.3) is 5.91 Å². The molecule has 132 valence electrons. The molecule has 0 bridgehead atoms. The van der Waals surface area contributed by atoms with Crippen molar-refractivity contribution >= 4 is 17.4 Å². The number of aryl methyl sites for hydroxylation is 2. The summed E-state index contributed by atoms with van der Waals surface area (Å²) in [6.45, 7) is 7.05. The van der Waals surface area contributed by atoms with Gasteiger partial charge in [0, 0.05) is 24.3 Å². The number of anilines is 2. The van der Waals surface area contributed by atoms with Crippen molar-refractivity contribution in [1.29, 1.82) is 0 Å². The Bertz CT molecular complexity index is 759. The third-order valence-corrected chi connectivity index (χ3v) is 4.73. The van der Waals surface area contributed by atoms with Crippen molar-refractivity contribution in [3.63, 3.8) is 0 Å². The predicted molar refractivity (Wildman–Crippen MR) is 101 cm³/mol. The van der Waals surface area contributed by atoms with Crippen LogP contribution in [0.5, 0.6) is 0 Å². The molecular formula is C20H26N4O. The van der Waals surface area contributed by atoms with Crippen LogP contribution in [-0.2, 0) is 0 Å². The number of carbonyl (C=O) groups excluding carboxylic acids is 1. The van der Waals surface area contributed by atoms with Crippen molar-refractivity contribution in [3.8, 4) is 0 Å². The maximum absolute atomic E-state index is 12.6. The molecule has 1 unspecified atom stereocenters. The van der Waals surface area contributed by atoms with Crippen LogP contribution < -0.4 is 10.2 Å². The first-order chi connectivity index (χ1) is 12.1. The second-order valence-corrected chi connectivity index (χ2v) is 6.73. The lowest BCUT2D eigenvalue weighted by molar-refractivity contribution is 0.102. The van der Waals surface area contributed by atoms with Crippen LogP contribution in [0.25, 0.3) is 0 Å². The third kappa shape index (κ3) is 4.16. The molecule has 2 aromatic rings. The minimum atomic E-state index is -0.192. The van der Waals surface area contributed by atoms with Gasteiger partial charge >= 0.3 is 0 Å². The van der Waals surface area contributed by atoms with E-state index in [1.807, 2.05) is 44.2 Å². The van der Waals surface area contributed by atoms with Gasteiger partial charge in [0.2, 0.25) is 0 Å². The predicted octanol–water partition coefficient (Wildman–Crippen LogP) is 4.11. The SMILES string of the molecule is CCC1CCCCN1c1cc(C(=O)Nc2cccc(C)c2)nc(C)n1. The van der Waals surface area contributed by atoms with Gasteiger partial charge in [-0.25, -0.2) is 9.97 Å². The van der Waals surface area contributed by atoms with E-state index in [-0.39, 0.29) is 5.91 Å². The molecule has 5 heteroatoms. The summed E-state index contributed by atoms with van der Waals surface area (Å²) in [5, 5.41) is 2.93. The lowest BCUT2D eigenvalue weighted by atomic mass is 10.00. The molecule has 1 aliphatic rings. The number of aromatic nitrogens is 2. The number of nitrogens with zero attached hydrogens (tertiary/aromatic N) is 3. The lowest BCUT2D eigenvalue weighted by Crippen LogP contribution is -2.40. The molecule has 0 aliphatic carbocycles. The molecule has 1 N–H and O–H groups in total. The van der Waals surface area contributed by atoms with Crippen molar-refractivity contribution < 1.29 is 4.79 Å². The maximum atomic E-state index is 12.6. The van der Waals surface area contributed by atoms with Gasteiger partial charge < -0.3 is 10.2 Å². The maximum Gasteiger partial charge on any atom is 0.274 e. The van der Waals surface area contributed by atoms with Gasteiger partial charge in [0.1, 0.15) is 17.3 Å². The fourth-order valence-electron chi connectivity index (χ4n) is 3.46. The van der Waals surface area contributed by atoms with Crippen molar-refractivity contribution in [2.45, 2.75) is 52.5 Å². The number of piperidine rings is 1. The number of nitrogens with one attached hydrogen (secondary N) is 1. The van der Waals surface area contributed by atoms with Gasteiger partial charge in [-0.3, -0.25) is 4.79 Å². The zero-order valence-electron chi connectivity index (χ0n) is 15.2. The fourth-order valence-corrected chi connectivity index (χ4v) is 3.46. The normalized spacial score (nSPS) is 17.4. The molecule has 0 spiro atoms. The summed E-state index contributed by atoms with van der Waals surface area (Å²) in [7, 11) is 0. The Balaban J connectivity index is 1.84. The number of hydrogen-bond acceptors (Lipinski definition) is 4. The molecule has 1 fully saturated rings. The number of benzene rings is 1. The highest BCUT2D eigenvalue weighted by Gasteiger charge is 2.23. The van der Waals surface area contributed by atoms with Gasteiger partial charge in [0.05, 0.1) is 0 Å². The molecule has 5 nitrogen and oxygen atoms in total. The minimum Gasteiger partial charge on any atom is -0.354 e. The molecule has 25 heavy (non-hydrogen) atoms. The average Bonchev–Trinajstić information content (AvgIpc) is 2.61. The second-order valence-electron chi connectivity index (χ2n) is 6.73. The number of hydrogen-bond donors (Lipinski definition) is 1. The van der Waals surface area contributed by atoms with E-state index in [2.05, 4.69) is 27.1 Å². The van der Waals surface area contributed by atoms with Crippen LogP contribution >= 0.6 is 0 Å². The van der Waals surface area contributed by atoms with E-state index in [4.69, 9.17) is 0 Å². The van der Waals surface area contributed by atoms with E-state index in [1.165, 1.54) is 19.3 Å². The number of amides is 1. The summed E-state index contributed by atoms with van der Waals surface area (Å²) in [4.78, 5) is 23.9. The molecule has 2 heterocycles. The molecule has 1 aliphatic heterocycles. The summed E-state index contributed by atoms with van der Waals surface area (Å²) in [5.41, 5.74) is 2.31. The Morgan fingerprint density at radius 1 is 1.24 bits per heavy atom. The van der Waals surface area contributed by atoms with E-state index in [1.54, 1.807) is 0 Å². The van der Waals surface area contributed by atoms with Crippen molar-refractivity contribution in [3.05, 3.63) is 47.4 Å². The van der Waals surface area contributed by atoms with Crippen LogP contribution in [0.2, 0.25) is 0 Å². The van der Waals surface area contributed by atoms with Crippen molar-refractivity contribution in [2.24, 2.45) is 0 Å². The summed E-state index contributed by atoms with van der Waals surface area (Å²) >= 11 is 0. The van der Waals surface area contributed by atoms with Crippen molar-refractivity contribution in [2.75, 3.05) is 16.8 Å². The van der Waals surface area contributed by atoms with Crippen LogP contribution in [0.15, 0.2) is 30.3 Å². The van der Waals surface area contributed by atoms with E-state index in [9.17, 15) is 4.79 Å². The van der Waals surface area contributed by atoms with E-state index < -0.39 is 0 Å². The summed E-state index contributed by atoms with van der Waals surface area (Å²) < 4.78 is 0. The zero-order chi connectivity index (χ0) is 17.8. The first kappa shape index (κ1) is 17.4. The quantitative estimate of drug-likeness (QED) is 0.911. The number of carbonyl (C=O) groups is 1. The van der Waals surface area contributed by atoms with E-state index >= 15 is 0 Å². The van der Waals surface area contributed by atoms with Crippen LogP contribution in [0.3, 0.4) is 0 Å². The van der Waals surface area contributed by atoms with Gasteiger partial charge in [-0.15, -0.1) is 0 Å². The summed E-state index contributed by atoms with van der Waals surface area (Å²) in [6, 6.07) is 10.1. The Morgan fingerprint density at radius 3 is 2.84 bits per heavy atom. The molecule has 1 amide bonds. The average molecular weight is 338 g/mol. The molecule has 1 saturated heterocycles. The molecule has 3 rings (SSSR count). The first-order valence-electron chi connectivity index (χ1n) is 9.07. The van der Waals surface area contributed by atoms with Gasteiger partial charge in [-0.05, 0) is 57.2 Å². The highest BCUT2D eigenvalue weighted by Crippen LogP contribution is 2.25. The van der Waals surface area contributed by atoms with Crippen LogP contribution in [0.1, 0.15) is 54.5 Å². The Kier molecular flexibility index (Phi) is 5.31. The van der Waals surface area contributed by atoms with Crippen LogP contribution in [-0.4, -0.2) is 28.5 Å². The largest absolute Gasteiger partial charge is 0.354 e. The van der Waals surface area contributed by atoms with Gasteiger partial charge in [-0.1, -0.05) is 19.1 Å². The highest BCUT2D eigenvalue weighted by atomic mass is 16.1. The molecule has 0 saturated carbocycles. The highest BCUT2D eigenvalue weighted by molar-refractivity contribution is 6.03. The fraction of sp³-hybridized carbons (Fsp3) is 0.450. The van der Waals surface area contributed by atoms with E-state index in [0.717, 1.165) is 30.0 Å². The standard InChI is InChI=1S/C20H26N4O/c1-4-17-10-5-6-11-24(17)19-13-18(21-15(3)22-19)20(25)23-16-9-7-8-14(2)12-16/h7-9,12-13,17H,4-6,10-11H2,1-3H3,(H,23,25). The topological polar surface area (TPSA) is 58.1 Å². The summed E-state index contributed by atoms with van der Waals surface area (Å²) in [6.07, 6.45) is 4.71. The molecule has 0 radical (unpaired) electrons. The Morgan fingerprint density at radius 2 is 2.08 bits per heavy atom. The number of rotatable bonds is 4. The zero-order valence-corrected chi connectivity index (χ0v) is 15.2. The summed E-state index contributed by atoms with van der Waals surface area (Å²) in [5.74, 6) is 1.31. The Hall–Kier alpha value is -2.43. The smallest absolute Gasteiger partial charge is 0.274 e. The third-order valence-electron chi connectivity index (χ3n) is 4.73. The van der Waals surface area contributed by atoms with Crippen LogP contribution in [0.4, 0.5) is 11.5 Å². The van der Waals surface area contributed by atoms with Crippen molar-refractivity contribution in [1.82, 2.24) is 9.97 Å². The van der Waals surface area contributed by atoms with Gasteiger partial charge in [-0.2, -0.15) is 0 Å². The molecular weight excluding hydrogens is 312 g/mol. The lowest BCUT2D eigenvalue weighted by Gasteiger charge is -2.36. The van der Waals surface area contributed by atoms with E-state index in [0.29, 0.717) is 17.6 Å². The van der Waals surface area contributed by atoms with Gasteiger partial charge in [0.15, 0.2) is 0 Å². The molecule has 1 aromatic heterocycles. The second kappa shape index (κ2) is 7.64. The van der Waals surface area contributed by atoms with Crippen LogP contribution in [0, 0.1) is 13.8 Å². The minimum absolute atomic E-state index is 0.192. The Labute approximate surface area is 149 Å².